The van der Waals surface area contributed by atoms with E-state index < -0.39 is 0 Å². The molecule has 0 spiro atoms. The molecule has 0 aliphatic rings. The van der Waals surface area contributed by atoms with Crippen molar-refractivity contribution >= 4 is 33.2 Å². The maximum atomic E-state index is 6.00. The molecule has 3 nitrogen and oxygen atoms in total. The van der Waals surface area contributed by atoms with Crippen LogP contribution in [0.15, 0.2) is 34.9 Å². The van der Waals surface area contributed by atoms with Crippen molar-refractivity contribution in [1.82, 2.24) is 4.98 Å². The highest BCUT2D eigenvalue weighted by Gasteiger charge is 2.10. The highest BCUT2D eigenvalue weighted by molar-refractivity contribution is 9.10. The average Bonchev–Trinajstić information content (AvgIpc) is 2.32. The van der Waals surface area contributed by atoms with Gasteiger partial charge < -0.3 is 10.5 Å². The predicted molar refractivity (Wildman–Crippen MR) is 72.6 cm³/mol. The molecule has 0 saturated heterocycles. The third-order valence-corrected chi connectivity index (χ3v) is 3.56. The minimum absolute atomic E-state index is 0.449. The molecule has 0 radical (unpaired) electrons. The molecule has 88 valence electrons. The number of halogens is 2. The number of pyridine rings is 1. The Kier molecular flexibility index (Phi) is 3.54. The Morgan fingerprint density at radius 1 is 1.35 bits per heavy atom. The Morgan fingerprint density at radius 3 is 2.76 bits per heavy atom. The van der Waals surface area contributed by atoms with Crippen LogP contribution in [0, 0.1) is 6.92 Å². The minimum atomic E-state index is 0.449. The quantitative estimate of drug-likeness (QED) is 0.904. The van der Waals surface area contributed by atoms with Gasteiger partial charge in [-0.2, -0.15) is 0 Å². The van der Waals surface area contributed by atoms with E-state index >= 15 is 0 Å². The fourth-order valence-corrected chi connectivity index (χ4v) is 1.86. The SMILES string of the molecule is Cc1c(N)cnc(Oc2ccccc2Cl)c1Br. The van der Waals surface area contributed by atoms with Gasteiger partial charge in [0.1, 0.15) is 5.75 Å². The van der Waals surface area contributed by atoms with Gasteiger partial charge in [0, 0.05) is 0 Å². The van der Waals surface area contributed by atoms with Gasteiger partial charge in [-0.05, 0) is 40.5 Å². The molecule has 2 aromatic rings. The zero-order valence-corrected chi connectivity index (χ0v) is 11.4. The smallest absolute Gasteiger partial charge is 0.234 e. The first kappa shape index (κ1) is 12.2. The minimum Gasteiger partial charge on any atom is -0.436 e. The molecule has 2 N–H and O–H groups in total. The zero-order chi connectivity index (χ0) is 12.4. The molecule has 0 unspecified atom stereocenters. The van der Waals surface area contributed by atoms with E-state index in [2.05, 4.69) is 20.9 Å². The van der Waals surface area contributed by atoms with Crippen molar-refractivity contribution in [2.75, 3.05) is 5.73 Å². The van der Waals surface area contributed by atoms with E-state index in [4.69, 9.17) is 22.1 Å². The number of nitrogens with two attached hydrogens (primary N) is 1. The number of nitrogens with zero attached hydrogens (tertiary/aromatic N) is 1. The zero-order valence-electron chi connectivity index (χ0n) is 9.08. The summed E-state index contributed by atoms with van der Waals surface area (Å²) < 4.78 is 6.36. The van der Waals surface area contributed by atoms with Crippen molar-refractivity contribution < 1.29 is 4.74 Å². The standard InChI is InChI=1S/C12H10BrClN2O/c1-7-9(15)6-16-12(11(7)13)17-10-5-3-2-4-8(10)14/h2-6H,15H2,1H3. The van der Waals surface area contributed by atoms with E-state index in [1.165, 1.54) is 0 Å². The monoisotopic (exact) mass is 312 g/mol. The fourth-order valence-electron chi connectivity index (χ4n) is 1.27. The lowest BCUT2D eigenvalue weighted by Crippen LogP contribution is -1.96. The van der Waals surface area contributed by atoms with E-state index in [1.807, 2.05) is 19.1 Å². The Hall–Kier alpha value is -1.26. The summed E-state index contributed by atoms with van der Waals surface area (Å²) in [6.07, 6.45) is 1.56. The average molecular weight is 314 g/mol. The Balaban J connectivity index is 2.38. The third-order valence-electron chi connectivity index (χ3n) is 2.31. The van der Waals surface area contributed by atoms with Crippen LogP contribution in [-0.4, -0.2) is 4.98 Å². The van der Waals surface area contributed by atoms with Gasteiger partial charge in [0.05, 0.1) is 21.4 Å². The second-order valence-corrected chi connectivity index (χ2v) is 4.69. The normalized spacial score (nSPS) is 10.3. The van der Waals surface area contributed by atoms with Gasteiger partial charge >= 0.3 is 0 Å². The first-order chi connectivity index (χ1) is 8.09. The fraction of sp³-hybridized carbons (Fsp3) is 0.0833. The van der Waals surface area contributed by atoms with E-state index in [0.717, 1.165) is 10.0 Å². The maximum absolute atomic E-state index is 6.00. The molecule has 0 aliphatic carbocycles. The number of hydrogen-bond acceptors (Lipinski definition) is 3. The van der Waals surface area contributed by atoms with Gasteiger partial charge in [-0.15, -0.1) is 0 Å². The van der Waals surface area contributed by atoms with Crippen molar-refractivity contribution in [3.63, 3.8) is 0 Å². The number of hydrogen-bond donors (Lipinski definition) is 1. The Labute approximate surface area is 113 Å². The van der Waals surface area contributed by atoms with Crippen molar-refractivity contribution in [3.05, 3.63) is 45.5 Å². The number of benzene rings is 1. The molecule has 5 heteroatoms. The number of anilines is 1. The summed E-state index contributed by atoms with van der Waals surface area (Å²) in [6, 6.07) is 7.22. The van der Waals surface area contributed by atoms with E-state index in [9.17, 15) is 0 Å². The lowest BCUT2D eigenvalue weighted by Gasteiger charge is -2.10. The third kappa shape index (κ3) is 2.53. The number of nitrogen functional groups attached to an aromatic ring is 1. The van der Waals surface area contributed by atoms with Crippen LogP contribution in [0.2, 0.25) is 5.02 Å². The molecule has 0 saturated carbocycles. The van der Waals surface area contributed by atoms with Gasteiger partial charge in [-0.1, -0.05) is 23.7 Å². The van der Waals surface area contributed by atoms with Gasteiger partial charge in [-0.3, -0.25) is 0 Å². The molecule has 0 atom stereocenters. The summed E-state index contributed by atoms with van der Waals surface area (Å²) in [5, 5.41) is 0.538. The van der Waals surface area contributed by atoms with Crippen LogP contribution in [0.5, 0.6) is 11.6 Å². The molecule has 0 fully saturated rings. The molecule has 1 aromatic carbocycles. The van der Waals surface area contributed by atoms with Crippen LogP contribution in [0.1, 0.15) is 5.56 Å². The highest BCUT2D eigenvalue weighted by Crippen LogP contribution is 2.34. The van der Waals surface area contributed by atoms with E-state index in [0.29, 0.717) is 22.3 Å². The predicted octanol–water partition coefficient (Wildman–Crippen LogP) is 4.18. The van der Waals surface area contributed by atoms with Crippen LogP contribution in [0.4, 0.5) is 5.69 Å². The summed E-state index contributed by atoms with van der Waals surface area (Å²) >= 11 is 9.41. The second kappa shape index (κ2) is 4.94. The van der Waals surface area contributed by atoms with Crippen LogP contribution < -0.4 is 10.5 Å². The number of rotatable bonds is 2. The van der Waals surface area contributed by atoms with Crippen LogP contribution in [0.3, 0.4) is 0 Å². The topological polar surface area (TPSA) is 48.1 Å². The largest absolute Gasteiger partial charge is 0.436 e. The molecule has 1 aromatic heterocycles. The van der Waals surface area contributed by atoms with Crippen LogP contribution >= 0.6 is 27.5 Å². The Bertz CT molecular complexity index is 560. The number of ether oxygens (including phenoxy) is 1. The first-order valence-electron chi connectivity index (χ1n) is 4.92. The first-order valence-corrected chi connectivity index (χ1v) is 6.09. The highest BCUT2D eigenvalue weighted by atomic mass is 79.9. The molecular weight excluding hydrogens is 304 g/mol. The molecule has 1 heterocycles. The number of aromatic nitrogens is 1. The summed E-state index contributed by atoms with van der Waals surface area (Å²) in [5.41, 5.74) is 7.24. The summed E-state index contributed by atoms with van der Waals surface area (Å²) in [4.78, 5) is 4.12. The summed E-state index contributed by atoms with van der Waals surface area (Å²) in [6.45, 7) is 1.89. The lowest BCUT2D eigenvalue weighted by atomic mass is 10.2. The molecule has 2 rings (SSSR count). The van der Waals surface area contributed by atoms with Crippen LogP contribution in [-0.2, 0) is 0 Å². The van der Waals surface area contributed by atoms with Gasteiger partial charge in [0.2, 0.25) is 5.88 Å². The molecular formula is C12H10BrClN2O. The molecule has 0 bridgehead atoms. The second-order valence-electron chi connectivity index (χ2n) is 3.49. The lowest BCUT2D eigenvalue weighted by molar-refractivity contribution is 0.459. The van der Waals surface area contributed by atoms with Crippen molar-refractivity contribution in [1.29, 1.82) is 0 Å². The van der Waals surface area contributed by atoms with Crippen LogP contribution in [0.25, 0.3) is 0 Å². The van der Waals surface area contributed by atoms with E-state index in [-0.39, 0.29) is 0 Å². The van der Waals surface area contributed by atoms with Gasteiger partial charge in [0.15, 0.2) is 0 Å². The Morgan fingerprint density at radius 2 is 2.06 bits per heavy atom. The van der Waals surface area contributed by atoms with Gasteiger partial charge in [-0.25, -0.2) is 4.98 Å². The number of para-hydroxylation sites is 1. The molecule has 17 heavy (non-hydrogen) atoms. The molecule has 0 aliphatic heterocycles. The van der Waals surface area contributed by atoms with Crippen molar-refractivity contribution in [3.8, 4) is 11.6 Å². The summed E-state index contributed by atoms with van der Waals surface area (Å²) in [7, 11) is 0. The van der Waals surface area contributed by atoms with E-state index in [1.54, 1.807) is 18.3 Å². The summed E-state index contributed by atoms with van der Waals surface area (Å²) in [5.74, 6) is 1.01. The van der Waals surface area contributed by atoms with Crippen molar-refractivity contribution in [2.24, 2.45) is 0 Å². The van der Waals surface area contributed by atoms with Gasteiger partial charge in [0.25, 0.3) is 0 Å². The maximum Gasteiger partial charge on any atom is 0.234 e. The molecule has 0 amide bonds. The van der Waals surface area contributed by atoms with Crippen molar-refractivity contribution in [2.45, 2.75) is 6.92 Å².